The maximum Gasteiger partial charge on any atom is 0.0449 e. The van der Waals surface area contributed by atoms with Crippen molar-refractivity contribution in [3.63, 3.8) is 0 Å². The van der Waals surface area contributed by atoms with Gasteiger partial charge in [0.1, 0.15) is 0 Å². The summed E-state index contributed by atoms with van der Waals surface area (Å²) in [6.07, 6.45) is 5.22. The van der Waals surface area contributed by atoms with Crippen molar-refractivity contribution in [1.29, 1.82) is 0 Å². The molecule has 1 nitrogen and oxygen atoms in total. The molecule has 0 amide bonds. The van der Waals surface area contributed by atoms with Crippen LogP contribution in [0.15, 0.2) is 22.7 Å². The topological polar surface area (TPSA) is 12.0 Å². The van der Waals surface area contributed by atoms with E-state index in [1.165, 1.54) is 42.3 Å². The van der Waals surface area contributed by atoms with E-state index in [-0.39, 0.29) is 0 Å². The molecule has 1 fully saturated rings. The molecule has 2 aliphatic rings. The number of aryl methyl sites for hydroxylation is 1. The minimum Gasteiger partial charge on any atom is -0.307 e. The molecule has 3 rings (SSSR count). The average Bonchev–Trinajstić information content (AvgIpc) is 2.13. The van der Waals surface area contributed by atoms with E-state index in [4.69, 9.17) is 0 Å². The fraction of sp³-hybridized carbons (Fsp3) is 0.500. The van der Waals surface area contributed by atoms with Crippen LogP contribution in [-0.4, -0.2) is 6.54 Å². The molecule has 0 saturated carbocycles. The molecule has 1 aromatic rings. The van der Waals surface area contributed by atoms with Crippen LogP contribution in [0.2, 0.25) is 0 Å². The van der Waals surface area contributed by atoms with Gasteiger partial charge in [-0.15, -0.1) is 0 Å². The fourth-order valence-electron chi connectivity index (χ4n) is 2.82. The Balaban J connectivity index is 2.10. The number of hydrogen-bond acceptors (Lipinski definition) is 1. The Labute approximate surface area is 93.0 Å². The smallest absolute Gasteiger partial charge is 0.0449 e. The Morgan fingerprint density at radius 2 is 2.14 bits per heavy atom. The second-order valence-electron chi connectivity index (χ2n) is 4.41. The van der Waals surface area contributed by atoms with Crippen molar-refractivity contribution in [2.24, 2.45) is 0 Å². The third kappa shape index (κ3) is 1.17. The van der Waals surface area contributed by atoms with Gasteiger partial charge in [0.25, 0.3) is 0 Å². The first-order valence-corrected chi connectivity index (χ1v) is 6.13. The second kappa shape index (κ2) is 3.07. The van der Waals surface area contributed by atoms with Crippen molar-refractivity contribution < 1.29 is 0 Å². The lowest BCUT2D eigenvalue weighted by Crippen LogP contribution is -2.55. The van der Waals surface area contributed by atoms with Crippen LogP contribution >= 0.6 is 15.9 Å². The molecule has 2 heteroatoms. The van der Waals surface area contributed by atoms with E-state index < -0.39 is 0 Å². The van der Waals surface area contributed by atoms with Crippen molar-refractivity contribution in [2.75, 3.05) is 6.54 Å². The highest BCUT2D eigenvalue weighted by molar-refractivity contribution is 9.10. The minimum absolute atomic E-state index is 0.355. The second-order valence-corrected chi connectivity index (χ2v) is 5.33. The number of hydrogen-bond donors (Lipinski definition) is 1. The summed E-state index contributed by atoms with van der Waals surface area (Å²) in [7, 11) is 0. The van der Waals surface area contributed by atoms with Crippen LogP contribution in [0.3, 0.4) is 0 Å². The molecule has 0 unspecified atom stereocenters. The van der Waals surface area contributed by atoms with E-state index in [9.17, 15) is 0 Å². The van der Waals surface area contributed by atoms with Gasteiger partial charge in [0.2, 0.25) is 0 Å². The van der Waals surface area contributed by atoms with Crippen LogP contribution in [0.25, 0.3) is 0 Å². The molecule has 0 radical (unpaired) electrons. The van der Waals surface area contributed by atoms with E-state index in [0.29, 0.717) is 5.54 Å². The van der Waals surface area contributed by atoms with Crippen molar-refractivity contribution in [1.82, 2.24) is 5.32 Å². The summed E-state index contributed by atoms with van der Waals surface area (Å²) in [6, 6.07) is 6.76. The van der Waals surface area contributed by atoms with Crippen LogP contribution in [0.5, 0.6) is 0 Å². The monoisotopic (exact) mass is 251 g/mol. The normalized spacial score (nSPS) is 29.8. The van der Waals surface area contributed by atoms with Crippen molar-refractivity contribution in [3.05, 3.63) is 33.8 Å². The van der Waals surface area contributed by atoms with Gasteiger partial charge in [-0.3, -0.25) is 0 Å². The quantitative estimate of drug-likeness (QED) is 0.748. The molecular formula is C12H14BrN. The molecule has 1 aliphatic carbocycles. The summed E-state index contributed by atoms with van der Waals surface area (Å²) in [5.74, 6) is 0. The number of benzene rings is 1. The van der Waals surface area contributed by atoms with E-state index in [1.54, 1.807) is 5.56 Å². The maximum atomic E-state index is 3.62. The molecule has 1 aliphatic heterocycles. The number of rotatable bonds is 0. The predicted octanol–water partition coefficient (Wildman–Crippen LogP) is 2.97. The van der Waals surface area contributed by atoms with Gasteiger partial charge in [-0.05, 0) is 55.5 Å². The maximum absolute atomic E-state index is 3.62. The van der Waals surface area contributed by atoms with Crippen LogP contribution < -0.4 is 5.32 Å². The van der Waals surface area contributed by atoms with Gasteiger partial charge < -0.3 is 5.32 Å². The molecule has 1 aromatic carbocycles. The Morgan fingerprint density at radius 1 is 1.29 bits per heavy atom. The van der Waals surface area contributed by atoms with Crippen molar-refractivity contribution in [3.8, 4) is 0 Å². The highest BCUT2D eigenvalue weighted by atomic mass is 79.9. The molecule has 1 heterocycles. The summed E-state index contributed by atoms with van der Waals surface area (Å²) in [6.45, 7) is 1.19. The van der Waals surface area contributed by atoms with Crippen LogP contribution in [0.4, 0.5) is 0 Å². The lowest BCUT2D eigenvalue weighted by atomic mass is 9.71. The Hall–Kier alpha value is -0.340. The minimum atomic E-state index is 0.355. The molecule has 0 aromatic heterocycles. The van der Waals surface area contributed by atoms with Gasteiger partial charge in [-0.25, -0.2) is 0 Å². The van der Waals surface area contributed by atoms with E-state index in [1.807, 2.05) is 0 Å². The van der Waals surface area contributed by atoms with Crippen LogP contribution in [0.1, 0.15) is 30.4 Å². The largest absolute Gasteiger partial charge is 0.307 e. The zero-order valence-electron chi connectivity index (χ0n) is 8.15. The van der Waals surface area contributed by atoms with E-state index in [2.05, 4.69) is 39.4 Å². The summed E-state index contributed by atoms with van der Waals surface area (Å²) in [5.41, 5.74) is 3.45. The number of nitrogens with one attached hydrogen (secondary N) is 1. The highest BCUT2D eigenvalue weighted by Crippen LogP contribution is 2.42. The van der Waals surface area contributed by atoms with Gasteiger partial charge in [0, 0.05) is 10.0 Å². The first kappa shape index (κ1) is 8.93. The molecule has 1 spiro atoms. The highest BCUT2D eigenvalue weighted by Gasteiger charge is 2.40. The first-order chi connectivity index (χ1) is 6.80. The summed E-state index contributed by atoms with van der Waals surface area (Å²) in [4.78, 5) is 0. The summed E-state index contributed by atoms with van der Waals surface area (Å²) >= 11 is 3.55. The van der Waals surface area contributed by atoms with Gasteiger partial charge in [0.05, 0.1) is 0 Å². The molecule has 1 N–H and O–H groups in total. The van der Waals surface area contributed by atoms with Crippen molar-refractivity contribution >= 4 is 15.9 Å². The standard InChI is InChI=1S/C12H14BrN/c13-10-3-4-11-9(8-10)2-1-5-12(11)6-7-14-12/h3-4,8,14H,1-2,5-7H2/t12-/m0/s1. The van der Waals surface area contributed by atoms with Crippen molar-refractivity contribution in [2.45, 2.75) is 31.2 Å². The predicted molar refractivity (Wildman–Crippen MR) is 61.4 cm³/mol. The zero-order chi connectivity index (χ0) is 9.60. The molecule has 0 bridgehead atoms. The molecule has 14 heavy (non-hydrogen) atoms. The van der Waals surface area contributed by atoms with Gasteiger partial charge in [-0.1, -0.05) is 22.0 Å². The van der Waals surface area contributed by atoms with Gasteiger partial charge >= 0.3 is 0 Å². The fourth-order valence-corrected chi connectivity index (χ4v) is 3.23. The molecule has 74 valence electrons. The van der Waals surface area contributed by atoms with E-state index >= 15 is 0 Å². The Kier molecular flexibility index (Phi) is 1.96. The summed E-state index contributed by atoms with van der Waals surface area (Å²) < 4.78 is 1.22. The average molecular weight is 252 g/mol. The third-order valence-electron chi connectivity index (χ3n) is 3.65. The molecular weight excluding hydrogens is 238 g/mol. The lowest BCUT2D eigenvalue weighted by Gasteiger charge is -2.47. The third-order valence-corrected chi connectivity index (χ3v) is 4.14. The Morgan fingerprint density at radius 3 is 2.86 bits per heavy atom. The summed E-state index contributed by atoms with van der Waals surface area (Å²) in [5, 5.41) is 3.62. The molecule has 1 atom stereocenters. The SMILES string of the molecule is Brc1ccc2c(c1)CCC[C@]21CCN1. The van der Waals surface area contributed by atoms with Crippen LogP contribution in [-0.2, 0) is 12.0 Å². The number of fused-ring (bicyclic) bond motifs is 2. The zero-order valence-corrected chi connectivity index (χ0v) is 9.73. The Bertz CT molecular complexity index is 369. The molecule has 1 saturated heterocycles. The van der Waals surface area contributed by atoms with Gasteiger partial charge in [-0.2, -0.15) is 0 Å². The van der Waals surface area contributed by atoms with Gasteiger partial charge in [0.15, 0.2) is 0 Å². The lowest BCUT2D eigenvalue weighted by molar-refractivity contribution is 0.178. The first-order valence-electron chi connectivity index (χ1n) is 5.34. The number of halogens is 1. The van der Waals surface area contributed by atoms with Crippen LogP contribution in [0, 0.1) is 0 Å². The van der Waals surface area contributed by atoms with E-state index in [0.717, 1.165) is 0 Å².